The summed E-state index contributed by atoms with van der Waals surface area (Å²) in [7, 11) is 0. The molecule has 4 fully saturated rings. The van der Waals surface area contributed by atoms with Gasteiger partial charge in [-0.2, -0.15) is 0 Å². The number of hydrogen-bond donors (Lipinski definition) is 1. The molecular formula is C22H32O4. The van der Waals surface area contributed by atoms with E-state index in [0.29, 0.717) is 19.1 Å². The average molecular weight is 360 g/mol. The maximum absolute atomic E-state index is 12.1. The van der Waals surface area contributed by atoms with E-state index in [2.05, 4.69) is 19.9 Å². The molecule has 0 aromatic rings. The molecule has 5 rings (SSSR count). The zero-order valence-corrected chi connectivity index (χ0v) is 16.1. The molecule has 26 heavy (non-hydrogen) atoms. The molecule has 1 N–H and O–H groups in total. The van der Waals surface area contributed by atoms with Crippen molar-refractivity contribution in [3.05, 3.63) is 11.6 Å². The zero-order chi connectivity index (χ0) is 18.2. The molecule has 1 unspecified atom stereocenters. The lowest BCUT2D eigenvalue weighted by molar-refractivity contribution is -0.221. The predicted octanol–water partition coefficient (Wildman–Crippen LogP) is 3.62. The summed E-state index contributed by atoms with van der Waals surface area (Å²) in [5.74, 6) is 0.471. The lowest BCUT2D eigenvalue weighted by Crippen LogP contribution is -2.63. The molecule has 1 aliphatic heterocycles. The van der Waals surface area contributed by atoms with Crippen molar-refractivity contribution in [3.63, 3.8) is 0 Å². The van der Waals surface area contributed by atoms with Crippen LogP contribution < -0.4 is 0 Å². The number of fused-ring (bicyclic) bond motifs is 5. The Kier molecular flexibility index (Phi) is 3.63. The van der Waals surface area contributed by atoms with Crippen LogP contribution in [0.3, 0.4) is 0 Å². The minimum Gasteiger partial charge on any atom is -0.389 e. The molecule has 0 aromatic heterocycles. The SMILES string of the molecule is C[C@]12CCC3(CC1=CC[C@H]1[C@@H]4CCC(C=O)[C@@]4(C)CC[C@@]12O)OCCO3. The second-order valence-corrected chi connectivity index (χ2v) is 10.0. The van der Waals surface area contributed by atoms with Crippen LogP contribution >= 0.6 is 0 Å². The summed E-state index contributed by atoms with van der Waals surface area (Å²) in [6.07, 6.45) is 11.0. The summed E-state index contributed by atoms with van der Waals surface area (Å²) < 4.78 is 11.9. The highest BCUT2D eigenvalue weighted by Crippen LogP contribution is 2.68. The van der Waals surface area contributed by atoms with Crippen LogP contribution in [0.4, 0.5) is 0 Å². The summed E-state index contributed by atoms with van der Waals surface area (Å²) in [5.41, 5.74) is 0.586. The highest BCUT2D eigenvalue weighted by molar-refractivity contribution is 5.56. The van der Waals surface area contributed by atoms with Crippen molar-refractivity contribution in [1.82, 2.24) is 0 Å². The maximum Gasteiger partial charge on any atom is 0.172 e. The second kappa shape index (κ2) is 5.42. The van der Waals surface area contributed by atoms with E-state index in [1.807, 2.05) is 0 Å². The summed E-state index contributed by atoms with van der Waals surface area (Å²) in [6, 6.07) is 0. The fourth-order valence-electron chi connectivity index (χ4n) is 7.55. The van der Waals surface area contributed by atoms with Crippen LogP contribution in [0.5, 0.6) is 0 Å². The standard InChI is InChI=1S/C22H32O4/c1-19-7-10-22(24)18(17(19)5-4-16(19)14-23)6-3-15-13-21(25-11-12-26-21)9-8-20(15,22)2/h3,14,16-18,24H,4-13H2,1-2H3/t16?,17-,18-,19+,20-,22+/m0/s1. The van der Waals surface area contributed by atoms with Crippen LogP contribution in [0.2, 0.25) is 0 Å². The molecule has 4 heteroatoms. The number of carbonyl (C=O) groups is 1. The lowest BCUT2D eigenvalue weighted by atomic mass is 9.45. The fraction of sp³-hybridized carbons (Fsp3) is 0.864. The number of hydrogen-bond acceptors (Lipinski definition) is 4. The van der Waals surface area contributed by atoms with Crippen LogP contribution in [0.1, 0.15) is 65.2 Å². The number of aldehydes is 1. The van der Waals surface area contributed by atoms with Crippen LogP contribution in [0, 0.1) is 28.6 Å². The van der Waals surface area contributed by atoms with Gasteiger partial charge in [-0.3, -0.25) is 0 Å². The smallest absolute Gasteiger partial charge is 0.172 e. The Labute approximate surface area is 156 Å². The van der Waals surface area contributed by atoms with Crippen molar-refractivity contribution in [3.8, 4) is 0 Å². The number of rotatable bonds is 1. The van der Waals surface area contributed by atoms with E-state index in [1.165, 1.54) is 11.9 Å². The van der Waals surface area contributed by atoms with Gasteiger partial charge in [0.2, 0.25) is 0 Å². The minimum absolute atomic E-state index is 0.0773. The van der Waals surface area contributed by atoms with Crippen LogP contribution in [0.25, 0.3) is 0 Å². The first kappa shape index (κ1) is 17.4. The quantitative estimate of drug-likeness (QED) is 0.573. The van der Waals surface area contributed by atoms with Crippen molar-refractivity contribution in [2.24, 2.45) is 28.6 Å². The highest BCUT2D eigenvalue weighted by atomic mass is 16.7. The number of ether oxygens (including phenoxy) is 2. The van der Waals surface area contributed by atoms with Gasteiger partial charge in [-0.1, -0.05) is 25.5 Å². The number of allylic oxidation sites excluding steroid dienone is 1. The average Bonchev–Trinajstić information content (AvgIpc) is 3.21. The highest BCUT2D eigenvalue weighted by Gasteiger charge is 2.66. The normalized spacial score (nSPS) is 52.1. The van der Waals surface area contributed by atoms with E-state index in [4.69, 9.17) is 9.47 Å². The second-order valence-electron chi connectivity index (χ2n) is 10.0. The van der Waals surface area contributed by atoms with Gasteiger partial charge in [0.25, 0.3) is 0 Å². The summed E-state index contributed by atoms with van der Waals surface area (Å²) in [5, 5.41) is 12.1. The van der Waals surface area contributed by atoms with Gasteiger partial charge in [-0.15, -0.1) is 0 Å². The molecule has 5 aliphatic rings. The molecule has 3 saturated carbocycles. The lowest BCUT2D eigenvalue weighted by Gasteiger charge is -2.63. The summed E-state index contributed by atoms with van der Waals surface area (Å²) in [6.45, 7) is 5.96. The van der Waals surface area contributed by atoms with Gasteiger partial charge in [0.05, 0.1) is 18.8 Å². The van der Waals surface area contributed by atoms with Crippen LogP contribution in [-0.4, -0.2) is 36.0 Å². The van der Waals surface area contributed by atoms with Gasteiger partial charge < -0.3 is 19.4 Å². The monoisotopic (exact) mass is 360 g/mol. The van der Waals surface area contributed by atoms with Crippen molar-refractivity contribution in [2.45, 2.75) is 76.6 Å². The molecule has 4 nitrogen and oxygen atoms in total. The van der Waals surface area contributed by atoms with Gasteiger partial charge in [0, 0.05) is 24.2 Å². The van der Waals surface area contributed by atoms with E-state index >= 15 is 0 Å². The van der Waals surface area contributed by atoms with Gasteiger partial charge >= 0.3 is 0 Å². The van der Waals surface area contributed by atoms with Crippen molar-refractivity contribution in [1.29, 1.82) is 0 Å². The maximum atomic E-state index is 12.1. The van der Waals surface area contributed by atoms with Gasteiger partial charge in [0.15, 0.2) is 5.79 Å². The largest absolute Gasteiger partial charge is 0.389 e. The molecule has 0 aromatic carbocycles. The molecule has 0 radical (unpaired) electrons. The third-order valence-electron chi connectivity index (χ3n) is 9.35. The van der Waals surface area contributed by atoms with Crippen LogP contribution in [-0.2, 0) is 14.3 Å². The van der Waals surface area contributed by atoms with E-state index in [-0.39, 0.29) is 22.7 Å². The van der Waals surface area contributed by atoms with Gasteiger partial charge in [0.1, 0.15) is 6.29 Å². The molecule has 4 aliphatic carbocycles. The van der Waals surface area contributed by atoms with Crippen molar-refractivity contribution < 1.29 is 19.4 Å². The Morgan fingerprint density at radius 1 is 1.08 bits per heavy atom. The third kappa shape index (κ3) is 1.99. The fourth-order valence-corrected chi connectivity index (χ4v) is 7.55. The van der Waals surface area contributed by atoms with E-state index in [9.17, 15) is 9.90 Å². The van der Waals surface area contributed by atoms with Gasteiger partial charge in [-0.05, 0) is 55.8 Å². The molecule has 0 bridgehead atoms. The summed E-state index contributed by atoms with van der Waals surface area (Å²) >= 11 is 0. The van der Waals surface area contributed by atoms with Crippen molar-refractivity contribution in [2.75, 3.05) is 13.2 Å². The van der Waals surface area contributed by atoms with E-state index < -0.39 is 11.4 Å². The van der Waals surface area contributed by atoms with Gasteiger partial charge in [-0.25, -0.2) is 0 Å². The minimum atomic E-state index is -0.654. The number of carbonyl (C=O) groups excluding carboxylic acids is 1. The van der Waals surface area contributed by atoms with E-state index in [1.54, 1.807) is 0 Å². The molecule has 144 valence electrons. The molecule has 6 atom stereocenters. The Bertz CT molecular complexity index is 651. The molecule has 0 amide bonds. The first-order valence-electron chi connectivity index (χ1n) is 10.5. The van der Waals surface area contributed by atoms with Crippen molar-refractivity contribution >= 4 is 6.29 Å². The van der Waals surface area contributed by atoms with Crippen LogP contribution in [0.15, 0.2) is 11.6 Å². The Morgan fingerprint density at radius 2 is 1.85 bits per heavy atom. The molecule has 1 saturated heterocycles. The first-order chi connectivity index (χ1) is 12.4. The Hall–Kier alpha value is -0.710. The van der Waals surface area contributed by atoms with E-state index in [0.717, 1.165) is 51.4 Å². The first-order valence-corrected chi connectivity index (χ1v) is 10.5. The molecular weight excluding hydrogens is 328 g/mol. The molecule has 1 spiro atoms. The summed E-state index contributed by atoms with van der Waals surface area (Å²) in [4.78, 5) is 11.6. The molecule has 1 heterocycles. The third-order valence-corrected chi connectivity index (χ3v) is 9.35. The Morgan fingerprint density at radius 3 is 2.58 bits per heavy atom. The zero-order valence-electron chi connectivity index (χ0n) is 16.1. The number of aliphatic hydroxyl groups is 1. The topological polar surface area (TPSA) is 55.8 Å². The Balaban J connectivity index is 1.50. The predicted molar refractivity (Wildman–Crippen MR) is 97.4 cm³/mol.